The topological polar surface area (TPSA) is 128 Å². The molecular formula is C22H25F3N6O3S. The van der Waals surface area contributed by atoms with Crippen LogP contribution in [0.25, 0.3) is 0 Å². The summed E-state index contributed by atoms with van der Waals surface area (Å²) in [6.45, 7) is 5.44. The molecule has 3 heterocycles. The van der Waals surface area contributed by atoms with Crippen molar-refractivity contribution in [2.75, 3.05) is 24.4 Å². The molecule has 0 radical (unpaired) electrons. The fourth-order valence-corrected chi connectivity index (χ4v) is 6.43. The molecule has 1 aromatic heterocycles. The van der Waals surface area contributed by atoms with E-state index < -0.39 is 33.3 Å². The quantitative estimate of drug-likeness (QED) is 0.653. The Morgan fingerprint density at radius 2 is 1.97 bits per heavy atom. The number of hydrogen-bond acceptors (Lipinski definition) is 6. The average molecular weight is 511 g/mol. The van der Waals surface area contributed by atoms with Crippen LogP contribution in [0, 0.1) is 24.2 Å². The number of alkyl halides is 3. The van der Waals surface area contributed by atoms with Crippen molar-refractivity contribution in [1.82, 2.24) is 14.5 Å². The molecule has 0 amide bonds. The van der Waals surface area contributed by atoms with Gasteiger partial charge in [-0.05, 0) is 43.0 Å². The summed E-state index contributed by atoms with van der Waals surface area (Å²) < 4.78 is 76.0. The molecule has 3 N–H and O–H groups in total. The van der Waals surface area contributed by atoms with Gasteiger partial charge in [-0.15, -0.1) is 5.10 Å². The van der Waals surface area contributed by atoms with Gasteiger partial charge >= 0.3 is 16.4 Å². The second-order valence-corrected chi connectivity index (χ2v) is 10.9. The van der Waals surface area contributed by atoms with E-state index in [9.17, 15) is 26.9 Å². The summed E-state index contributed by atoms with van der Waals surface area (Å²) in [6.07, 6.45) is -4.35. The molecule has 2 aliphatic heterocycles. The Hall–Kier alpha value is -3.24. The molecule has 0 bridgehead atoms. The van der Waals surface area contributed by atoms with Gasteiger partial charge in [0.2, 0.25) is 11.8 Å². The number of fused-ring (bicyclic) bond motifs is 1. The van der Waals surface area contributed by atoms with E-state index in [0.717, 1.165) is 20.7 Å². The number of nitrogens with zero attached hydrogens (tertiary/aromatic N) is 4. The largest absolute Gasteiger partial charge is 0.420 e. The van der Waals surface area contributed by atoms with Crippen LogP contribution in [0.1, 0.15) is 42.7 Å². The summed E-state index contributed by atoms with van der Waals surface area (Å²) in [5.41, 5.74) is 4.26. The van der Waals surface area contributed by atoms with Gasteiger partial charge in [0, 0.05) is 25.8 Å². The standard InChI is InChI=1S/C22H25F3N6O3S/c1-12(2)21(17(11-26)19(27)34-20-18(21)13(3)28-29-20)14-8-15(22(23,24)25)10-16(9-14)31-7-5-6-30(4)35(31,32)33/h8-10,12H,5-7,27H2,1-4H3,(H,28,29). The minimum Gasteiger partial charge on any atom is -0.420 e. The number of aryl methyl sites for hydroxylation is 1. The van der Waals surface area contributed by atoms with Crippen LogP contribution in [0.4, 0.5) is 18.9 Å². The number of aromatic nitrogens is 2. The molecule has 35 heavy (non-hydrogen) atoms. The maximum Gasteiger partial charge on any atom is 0.416 e. The van der Waals surface area contributed by atoms with Gasteiger partial charge < -0.3 is 10.5 Å². The number of aromatic amines is 1. The zero-order valence-electron chi connectivity index (χ0n) is 19.6. The van der Waals surface area contributed by atoms with Gasteiger partial charge in [-0.25, -0.2) is 0 Å². The fraction of sp³-hybridized carbons (Fsp3) is 0.455. The van der Waals surface area contributed by atoms with Crippen molar-refractivity contribution in [1.29, 1.82) is 5.26 Å². The molecule has 2 aliphatic rings. The van der Waals surface area contributed by atoms with Crippen LogP contribution in [0.3, 0.4) is 0 Å². The van der Waals surface area contributed by atoms with Crippen LogP contribution >= 0.6 is 0 Å². The van der Waals surface area contributed by atoms with Crippen molar-refractivity contribution in [3.05, 3.63) is 52.0 Å². The summed E-state index contributed by atoms with van der Waals surface area (Å²) >= 11 is 0. The number of nitrogens with one attached hydrogen (secondary N) is 1. The molecular weight excluding hydrogens is 485 g/mol. The first kappa shape index (κ1) is 24.9. The van der Waals surface area contributed by atoms with Crippen molar-refractivity contribution in [3.63, 3.8) is 0 Å². The predicted octanol–water partition coefficient (Wildman–Crippen LogP) is 3.15. The Morgan fingerprint density at radius 1 is 1.29 bits per heavy atom. The molecule has 1 saturated heterocycles. The van der Waals surface area contributed by atoms with E-state index in [1.165, 1.54) is 13.1 Å². The highest BCUT2D eigenvalue weighted by Gasteiger charge is 2.51. The van der Waals surface area contributed by atoms with Crippen LogP contribution in [0.5, 0.6) is 5.88 Å². The van der Waals surface area contributed by atoms with Gasteiger partial charge in [0.1, 0.15) is 11.6 Å². The summed E-state index contributed by atoms with van der Waals surface area (Å²) in [6, 6.07) is 5.17. The van der Waals surface area contributed by atoms with Crippen LogP contribution < -0.4 is 14.8 Å². The first-order valence-electron chi connectivity index (χ1n) is 10.9. The molecule has 13 heteroatoms. The second kappa shape index (κ2) is 8.17. The van der Waals surface area contributed by atoms with E-state index in [4.69, 9.17) is 10.5 Å². The minimum atomic E-state index is -4.78. The zero-order valence-corrected chi connectivity index (χ0v) is 20.4. The minimum absolute atomic E-state index is 0.0181. The van der Waals surface area contributed by atoms with E-state index in [2.05, 4.69) is 10.2 Å². The van der Waals surface area contributed by atoms with Crippen molar-refractivity contribution >= 4 is 15.9 Å². The molecule has 2 aromatic rings. The van der Waals surface area contributed by atoms with Crippen LogP contribution in [-0.2, 0) is 21.8 Å². The number of halogens is 3. The third kappa shape index (κ3) is 3.63. The van der Waals surface area contributed by atoms with Crippen LogP contribution in [-0.4, -0.2) is 43.1 Å². The lowest BCUT2D eigenvalue weighted by Crippen LogP contribution is -2.48. The smallest absolute Gasteiger partial charge is 0.416 e. The molecule has 1 aromatic carbocycles. The Kier molecular flexibility index (Phi) is 5.80. The zero-order chi connectivity index (χ0) is 25.9. The lowest BCUT2D eigenvalue weighted by Gasteiger charge is -2.42. The van der Waals surface area contributed by atoms with Crippen molar-refractivity contribution in [2.45, 2.75) is 38.8 Å². The third-order valence-corrected chi connectivity index (χ3v) is 8.55. The van der Waals surface area contributed by atoms with E-state index in [-0.39, 0.29) is 41.7 Å². The van der Waals surface area contributed by atoms with Crippen LogP contribution in [0.2, 0.25) is 0 Å². The van der Waals surface area contributed by atoms with Gasteiger partial charge in [0.15, 0.2) is 0 Å². The monoisotopic (exact) mass is 510 g/mol. The Balaban J connectivity index is 2.11. The van der Waals surface area contributed by atoms with Gasteiger partial charge in [0.25, 0.3) is 0 Å². The lowest BCUT2D eigenvalue weighted by molar-refractivity contribution is -0.137. The third-order valence-electron chi connectivity index (χ3n) is 6.63. The second-order valence-electron chi connectivity index (χ2n) is 8.97. The van der Waals surface area contributed by atoms with Gasteiger partial charge in [-0.3, -0.25) is 9.40 Å². The normalized spacial score (nSPS) is 22.7. The average Bonchev–Trinajstić information content (AvgIpc) is 3.13. The van der Waals surface area contributed by atoms with E-state index in [0.29, 0.717) is 17.7 Å². The van der Waals surface area contributed by atoms with Crippen molar-refractivity contribution < 1.29 is 26.3 Å². The first-order chi connectivity index (χ1) is 16.3. The Morgan fingerprint density at radius 3 is 2.57 bits per heavy atom. The molecule has 1 unspecified atom stereocenters. The van der Waals surface area contributed by atoms with Crippen molar-refractivity contribution in [3.8, 4) is 11.9 Å². The molecule has 4 rings (SSSR count). The summed E-state index contributed by atoms with van der Waals surface area (Å²) in [4.78, 5) is 0. The summed E-state index contributed by atoms with van der Waals surface area (Å²) in [7, 11) is -2.66. The predicted molar refractivity (Wildman–Crippen MR) is 121 cm³/mol. The van der Waals surface area contributed by atoms with Gasteiger partial charge in [0.05, 0.1) is 22.2 Å². The number of nitriles is 1. The summed E-state index contributed by atoms with van der Waals surface area (Å²) in [5, 5.41) is 16.9. The number of nitrogens with two attached hydrogens (primary N) is 1. The van der Waals surface area contributed by atoms with E-state index in [1.807, 2.05) is 6.07 Å². The number of allylic oxidation sites excluding steroid dienone is 1. The number of rotatable bonds is 3. The molecule has 1 fully saturated rings. The van der Waals surface area contributed by atoms with Crippen molar-refractivity contribution in [2.24, 2.45) is 11.7 Å². The molecule has 0 aliphatic carbocycles. The van der Waals surface area contributed by atoms with Crippen LogP contribution in [0.15, 0.2) is 29.7 Å². The maximum atomic E-state index is 14.1. The number of H-pyrrole nitrogens is 1. The molecule has 1 atom stereocenters. The first-order valence-corrected chi connectivity index (χ1v) is 12.3. The fourth-order valence-electron chi connectivity index (χ4n) is 5.01. The Bertz CT molecular complexity index is 1360. The highest BCUT2D eigenvalue weighted by molar-refractivity contribution is 7.90. The number of benzene rings is 1. The summed E-state index contributed by atoms with van der Waals surface area (Å²) in [5.74, 6) is -0.715. The highest BCUT2D eigenvalue weighted by atomic mass is 32.2. The number of ether oxygens (including phenoxy) is 1. The molecule has 9 nitrogen and oxygen atoms in total. The number of hydrogen-bond donors (Lipinski definition) is 2. The van der Waals surface area contributed by atoms with Gasteiger partial charge in [-0.1, -0.05) is 13.8 Å². The molecule has 0 saturated carbocycles. The maximum absolute atomic E-state index is 14.1. The van der Waals surface area contributed by atoms with Gasteiger partial charge in [-0.2, -0.15) is 31.2 Å². The lowest BCUT2D eigenvalue weighted by atomic mass is 9.61. The molecule has 0 spiro atoms. The Labute approximate surface area is 201 Å². The molecule has 188 valence electrons. The SMILES string of the molecule is Cc1[nH]nc2c1C(c1cc(N3CCCN(C)S3(=O)=O)cc(C(F)(F)F)c1)(C(C)C)C(C#N)=C(N)O2. The van der Waals surface area contributed by atoms with E-state index >= 15 is 0 Å². The highest BCUT2D eigenvalue weighted by Crippen LogP contribution is 2.53. The number of anilines is 1. The van der Waals surface area contributed by atoms with E-state index in [1.54, 1.807) is 20.8 Å².